The predicted molar refractivity (Wildman–Crippen MR) is 75.0 cm³/mol. The molecule has 1 saturated heterocycles. The average Bonchev–Trinajstić information content (AvgIpc) is 2.38. The number of carboxylic acid groups (broad SMARTS) is 1. The third-order valence-electron chi connectivity index (χ3n) is 3.53. The number of carbonyl (C=O) groups is 3. The summed E-state index contributed by atoms with van der Waals surface area (Å²) in [6.45, 7) is 3.67. The van der Waals surface area contributed by atoms with E-state index in [0.717, 1.165) is 0 Å². The van der Waals surface area contributed by atoms with Gasteiger partial charge in [0, 0.05) is 20.3 Å². The molecule has 0 aromatic rings. The number of aliphatic carboxylic acids is 1. The van der Waals surface area contributed by atoms with Crippen LogP contribution >= 0.6 is 0 Å². The van der Waals surface area contributed by atoms with Gasteiger partial charge in [0.15, 0.2) is 0 Å². The molecule has 0 saturated carbocycles. The van der Waals surface area contributed by atoms with Crippen molar-refractivity contribution in [1.29, 1.82) is 0 Å². The maximum atomic E-state index is 11.3. The highest BCUT2D eigenvalue weighted by molar-refractivity contribution is 5.76. The number of nitrogens with one attached hydrogen (secondary N) is 2. The van der Waals surface area contributed by atoms with E-state index in [4.69, 9.17) is 9.84 Å². The zero-order valence-corrected chi connectivity index (χ0v) is 13.0. The van der Waals surface area contributed by atoms with Gasteiger partial charge in [0.2, 0.25) is 11.8 Å². The van der Waals surface area contributed by atoms with E-state index in [1.165, 1.54) is 20.8 Å². The molecule has 1 fully saturated rings. The Bertz CT molecular complexity index is 465. The Labute approximate surface area is 132 Å². The molecule has 0 aromatic heterocycles. The van der Waals surface area contributed by atoms with Crippen molar-refractivity contribution in [2.75, 3.05) is 0 Å². The number of amides is 2. The fourth-order valence-corrected chi connectivity index (χ4v) is 2.54. The lowest BCUT2D eigenvalue weighted by atomic mass is 9.87. The van der Waals surface area contributed by atoms with Crippen molar-refractivity contribution in [2.24, 2.45) is 0 Å². The summed E-state index contributed by atoms with van der Waals surface area (Å²) in [6.07, 6.45) is -4.72. The van der Waals surface area contributed by atoms with Gasteiger partial charge in [-0.2, -0.15) is 0 Å². The van der Waals surface area contributed by atoms with Crippen LogP contribution < -0.4 is 10.6 Å². The zero-order chi connectivity index (χ0) is 17.9. The number of rotatable bonds is 5. The van der Waals surface area contributed by atoms with E-state index in [2.05, 4.69) is 10.6 Å². The number of carboxylic acids is 1. The fraction of sp³-hybridized carbons (Fsp3) is 0.769. The first-order valence-corrected chi connectivity index (χ1v) is 7.02. The number of ether oxygens (including phenoxy) is 1. The molecule has 1 aliphatic rings. The van der Waals surface area contributed by atoms with Crippen molar-refractivity contribution in [3.8, 4) is 0 Å². The zero-order valence-electron chi connectivity index (χ0n) is 13.0. The Morgan fingerprint density at radius 2 is 1.83 bits per heavy atom. The van der Waals surface area contributed by atoms with Gasteiger partial charge in [-0.05, 0) is 6.92 Å². The molecule has 0 aromatic carbocycles. The van der Waals surface area contributed by atoms with Crippen molar-refractivity contribution in [3.05, 3.63) is 0 Å². The SMILES string of the molecule is CC(=O)NC1C(O)CC(O)(C(=O)O)OC1[C@H](NC(C)=O)[C@@H](C)O. The van der Waals surface area contributed by atoms with Crippen molar-refractivity contribution in [3.63, 3.8) is 0 Å². The minimum Gasteiger partial charge on any atom is -0.477 e. The first-order chi connectivity index (χ1) is 10.5. The van der Waals surface area contributed by atoms with Crippen LogP contribution in [0.15, 0.2) is 0 Å². The molecule has 23 heavy (non-hydrogen) atoms. The highest BCUT2D eigenvalue weighted by Gasteiger charge is 2.53. The van der Waals surface area contributed by atoms with E-state index in [-0.39, 0.29) is 0 Å². The van der Waals surface area contributed by atoms with E-state index >= 15 is 0 Å². The predicted octanol–water partition coefficient (Wildman–Crippen LogP) is -2.70. The maximum absolute atomic E-state index is 11.3. The van der Waals surface area contributed by atoms with Crippen molar-refractivity contribution >= 4 is 17.8 Å². The molecule has 1 aliphatic heterocycles. The van der Waals surface area contributed by atoms with Gasteiger partial charge in [-0.1, -0.05) is 0 Å². The standard InChI is InChI=1S/C13H22N2O8/c1-5(16)9(14-6(2)17)11-10(15-7(3)18)8(19)4-13(22,23-11)12(20)21/h5,8-11,16,19,22H,4H2,1-3H3,(H,14,17)(H,15,18)(H,20,21)/t5-,8?,9-,10?,11?,13?/m1/s1. The minimum atomic E-state index is -2.70. The molecule has 1 rings (SSSR count). The van der Waals surface area contributed by atoms with Gasteiger partial charge >= 0.3 is 5.97 Å². The first-order valence-electron chi connectivity index (χ1n) is 7.02. The highest BCUT2D eigenvalue weighted by atomic mass is 16.7. The molecule has 0 bridgehead atoms. The van der Waals surface area contributed by atoms with Crippen LogP contribution in [0.25, 0.3) is 0 Å². The van der Waals surface area contributed by atoms with Gasteiger partial charge in [0.25, 0.3) is 5.79 Å². The average molecular weight is 334 g/mol. The molecule has 0 radical (unpaired) electrons. The van der Waals surface area contributed by atoms with Crippen molar-refractivity contribution in [1.82, 2.24) is 10.6 Å². The van der Waals surface area contributed by atoms with Crippen LogP contribution in [0, 0.1) is 0 Å². The van der Waals surface area contributed by atoms with Crippen LogP contribution in [-0.2, 0) is 19.1 Å². The summed E-state index contributed by atoms with van der Waals surface area (Å²) >= 11 is 0. The lowest BCUT2D eigenvalue weighted by molar-refractivity contribution is -0.283. The second-order valence-corrected chi connectivity index (χ2v) is 5.64. The molecule has 1 heterocycles. The summed E-state index contributed by atoms with van der Waals surface area (Å²) in [5.41, 5.74) is 0. The number of aliphatic hydroxyl groups is 3. The van der Waals surface area contributed by atoms with Gasteiger partial charge in [-0.25, -0.2) is 4.79 Å². The van der Waals surface area contributed by atoms with E-state index in [0.29, 0.717) is 0 Å². The smallest absolute Gasteiger partial charge is 0.364 e. The Hall–Kier alpha value is -1.75. The quantitative estimate of drug-likeness (QED) is 0.316. The summed E-state index contributed by atoms with van der Waals surface area (Å²) in [5, 5.41) is 43.8. The first kappa shape index (κ1) is 19.3. The second-order valence-electron chi connectivity index (χ2n) is 5.64. The summed E-state index contributed by atoms with van der Waals surface area (Å²) in [7, 11) is 0. The summed E-state index contributed by atoms with van der Waals surface area (Å²) in [6, 6.07) is -2.29. The molecule has 10 heteroatoms. The fourth-order valence-electron chi connectivity index (χ4n) is 2.54. The van der Waals surface area contributed by atoms with E-state index in [1.54, 1.807) is 0 Å². The largest absolute Gasteiger partial charge is 0.477 e. The molecule has 132 valence electrons. The normalized spacial score (nSPS) is 33.4. The molecular formula is C13H22N2O8. The van der Waals surface area contributed by atoms with Crippen LogP contribution in [-0.4, -0.2) is 74.4 Å². The third-order valence-corrected chi connectivity index (χ3v) is 3.53. The molecule has 6 atom stereocenters. The molecule has 10 nitrogen and oxygen atoms in total. The number of carbonyl (C=O) groups excluding carboxylic acids is 2. The number of hydrogen-bond donors (Lipinski definition) is 6. The Balaban J connectivity index is 3.21. The number of hydrogen-bond acceptors (Lipinski definition) is 7. The van der Waals surface area contributed by atoms with E-state index in [9.17, 15) is 29.7 Å². The highest BCUT2D eigenvalue weighted by Crippen LogP contribution is 2.30. The lowest BCUT2D eigenvalue weighted by Gasteiger charge is -2.45. The Morgan fingerprint density at radius 1 is 1.26 bits per heavy atom. The van der Waals surface area contributed by atoms with E-state index < -0.39 is 60.4 Å². The van der Waals surface area contributed by atoms with E-state index in [1.807, 2.05) is 0 Å². The van der Waals surface area contributed by atoms with Gasteiger partial charge in [0.05, 0.1) is 24.3 Å². The minimum absolute atomic E-state index is 0.532. The van der Waals surface area contributed by atoms with Gasteiger partial charge in [-0.3, -0.25) is 9.59 Å². The van der Waals surface area contributed by atoms with Crippen molar-refractivity contribution in [2.45, 2.75) is 63.4 Å². The Morgan fingerprint density at radius 3 is 2.22 bits per heavy atom. The second kappa shape index (κ2) is 7.21. The van der Waals surface area contributed by atoms with Crippen LogP contribution in [0.4, 0.5) is 0 Å². The molecule has 0 spiro atoms. The Kier molecular flexibility index (Phi) is 6.05. The van der Waals surface area contributed by atoms with Crippen molar-refractivity contribution < 1.29 is 39.5 Å². The summed E-state index contributed by atoms with van der Waals surface area (Å²) < 4.78 is 5.15. The molecular weight excluding hydrogens is 312 g/mol. The van der Waals surface area contributed by atoms with Gasteiger partial charge in [-0.15, -0.1) is 0 Å². The lowest BCUT2D eigenvalue weighted by Crippen LogP contribution is -2.69. The van der Waals surface area contributed by atoms with Gasteiger partial charge in [0.1, 0.15) is 6.10 Å². The van der Waals surface area contributed by atoms with Crippen LogP contribution in [0.5, 0.6) is 0 Å². The third kappa shape index (κ3) is 4.61. The maximum Gasteiger partial charge on any atom is 0.364 e. The molecule has 6 N–H and O–H groups in total. The van der Waals surface area contributed by atoms with Crippen LogP contribution in [0.3, 0.4) is 0 Å². The van der Waals surface area contributed by atoms with Crippen LogP contribution in [0.2, 0.25) is 0 Å². The topological polar surface area (TPSA) is 165 Å². The monoisotopic (exact) mass is 334 g/mol. The summed E-state index contributed by atoms with van der Waals surface area (Å²) in [4.78, 5) is 33.8. The number of aliphatic hydroxyl groups excluding tert-OH is 2. The van der Waals surface area contributed by atoms with Gasteiger partial charge < -0.3 is 35.8 Å². The molecule has 2 amide bonds. The molecule has 0 aliphatic carbocycles. The van der Waals surface area contributed by atoms with Crippen LogP contribution in [0.1, 0.15) is 27.2 Å². The molecule has 4 unspecified atom stereocenters. The summed E-state index contributed by atoms with van der Waals surface area (Å²) in [5.74, 6) is -5.50.